The average molecular weight is 143 g/mol. The molecule has 0 aliphatic carbocycles. The maximum Gasteiger partial charge on any atom is 0.115 e. The van der Waals surface area contributed by atoms with Crippen molar-refractivity contribution in [3.8, 4) is 0 Å². The van der Waals surface area contributed by atoms with Crippen molar-refractivity contribution in [2.45, 2.75) is 37.9 Å². The Morgan fingerprint density at radius 1 is 1.60 bits per heavy atom. The van der Waals surface area contributed by atoms with Gasteiger partial charge in [0.15, 0.2) is 0 Å². The Hall–Kier alpha value is -0.110. The third-order valence-electron chi connectivity index (χ3n) is 2.99. The van der Waals surface area contributed by atoms with E-state index >= 15 is 0 Å². The van der Waals surface area contributed by atoms with Gasteiger partial charge in [-0.3, -0.25) is 4.90 Å². The van der Waals surface area contributed by atoms with Crippen molar-refractivity contribution in [2.24, 2.45) is 0 Å². The van der Waals surface area contributed by atoms with Gasteiger partial charge in [-0.25, -0.2) is 4.39 Å². The topological polar surface area (TPSA) is 3.24 Å². The van der Waals surface area contributed by atoms with Crippen LogP contribution in [0.4, 0.5) is 4.39 Å². The minimum absolute atomic E-state index is 0.236. The number of hydrogen-bond donors (Lipinski definition) is 0. The lowest BCUT2D eigenvalue weighted by Crippen LogP contribution is -2.34. The maximum absolute atomic E-state index is 12.8. The van der Waals surface area contributed by atoms with Crippen LogP contribution in [0.15, 0.2) is 0 Å². The summed E-state index contributed by atoms with van der Waals surface area (Å²) in [5.41, 5.74) is 0.236. The molecule has 0 saturated carbocycles. The van der Waals surface area contributed by atoms with Crippen LogP contribution < -0.4 is 0 Å². The standard InChI is InChI=1S/C8H14FN/c1-8-3-2-4-10(8)6-7(9)5-8/h7H,2-6H2,1H3. The van der Waals surface area contributed by atoms with Crippen molar-refractivity contribution in [1.29, 1.82) is 0 Å². The second kappa shape index (κ2) is 1.94. The summed E-state index contributed by atoms with van der Waals surface area (Å²) in [6.45, 7) is 4.01. The van der Waals surface area contributed by atoms with Crippen LogP contribution in [0.2, 0.25) is 0 Å². The van der Waals surface area contributed by atoms with E-state index < -0.39 is 6.17 Å². The molecule has 10 heavy (non-hydrogen) atoms. The highest BCUT2D eigenvalue weighted by Gasteiger charge is 2.44. The van der Waals surface area contributed by atoms with Gasteiger partial charge in [-0.1, -0.05) is 0 Å². The predicted molar refractivity (Wildman–Crippen MR) is 38.7 cm³/mol. The molecule has 2 heteroatoms. The van der Waals surface area contributed by atoms with E-state index in [9.17, 15) is 4.39 Å². The van der Waals surface area contributed by atoms with Crippen LogP contribution in [-0.4, -0.2) is 29.7 Å². The lowest BCUT2D eigenvalue weighted by atomic mass is 9.97. The quantitative estimate of drug-likeness (QED) is 0.497. The van der Waals surface area contributed by atoms with Gasteiger partial charge in [0.25, 0.3) is 0 Å². The number of fused-ring (bicyclic) bond motifs is 1. The second-order valence-corrected chi connectivity index (χ2v) is 3.85. The van der Waals surface area contributed by atoms with E-state index in [-0.39, 0.29) is 5.54 Å². The normalized spacial score (nSPS) is 48.0. The molecule has 0 amide bonds. The molecule has 2 heterocycles. The van der Waals surface area contributed by atoms with E-state index in [1.54, 1.807) is 0 Å². The molecule has 2 aliphatic heterocycles. The number of halogens is 1. The fraction of sp³-hybridized carbons (Fsp3) is 1.00. The van der Waals surface area contributed by atoms with Gasteiger partial charge in [-0.2, -0.15) is 0 Å². The largest absolute Gasteiger partial charge is 0.295 e. The monoisotopic (exact) mass is 143 g/mol. The van der Waals surface area contributed by atoms with Crippen LogP contribution in [0.5, 0.6) is 0 Å². The van der Waals surface area contributed by atoms with E-state index in [2.05, 4.69) is 11.8 Å². The van der Waals surface area contributed by atoms with Crippen LogP contribution in [0.25, 0.3) is 0 Å². The summed E-state index contributed by atoms with van der Waals surface area (Å²) in [5, 5.41) is 0. The van der Waals surface area contributed by atoms with Gasteiger partial charge < -0.3 is 0 Å². The number of rotatable bonds is 0. The first-order valence-electron chi connectivity index (χ1n) is 4.10. The van der Waals surface area contributed by atoms with Gasteiger partial charge in [0.05, 0.1) is 0 Å². The van der Waals surface area contributed by atoms with Crippen LogP contribution in [-0.2, 0) is 0 Å². The summed E-state index contributed by atoms with van der Waals surface area (Å²) < 4.78 is 12.8. The fourth-order valence-electron chi connectivity index (χ4n) is 2.40. The Morgan fingerprint density at radius 2 is 2.40 bits per heavy atom. The molecule has 0 spiro atoms. The van der Waals surface area contributed by atoms with E-state index in [1.807, 2.05) is 0 Å². The highest BCUT2D eigenvalue weighted by molar-refractivity contribution is 5.00. The zero-order valence-electron chi connectivity index (χ0n) is 6.44. The first-order valence-corrected chi connectivity index (χ1v) is 4.10. The molecule has 0 N–H and O–H groups in total. The third-order valence-corrected chi connectivity index (χ3v) is 2.99. The summed E-state index contributed by atoms with van der Waals surface area (Å²) in [6, 6.07) is 0. The molecular formula is C8H14FN. The molecule has 0 aromatic heterocycles. The minimum Gasteiger partial charge on any atom is -0.295 e. The maximum atomic E-state index is 12.8. The first kappa shape index (κ1) is 6.59. The van der Waals surface area contributed by atoms with Gasteiger partial charge in [0, 0.05) is 12.1 Å². The molecule has 0 aromatic rings. The molecule has 2 saturated heterocycles. The predicted octanol–water partition coefficient (Wildman–Crippen LogP) is 1.58. The smallest absolute Gasteiger partial charge is 0.115 e. The van der Waals surface area contributed by atoms with E-state index in [0.29, 0.717) is 6.54 Å². The highest BCUT2D eigenvalue weighted by Crippen LogP contribution is 2.39. The molecule has 0 radical (unpaired) electrons. The molecule has 2 fully saturated rings. The molecule has 2 rings (SSSR count). The average Bonchev–Trinajstić information content (AvgIpc) is 2.20. The lowest BCUT2D eigenvalue weighted by molar-refractivity contribution is 0.217. The van der Waals surface area contributed by atoms with Crippen molar-refractivity contribution < 1.29 is 4.39 Å². The zero-order chi connectivity index (χ0) is 7.19. The molecule has 2 unspecified atom stereocenters. The molecule has 1 nitrogen and oxygen atoms in total. The Bertz CT molecular complexity index is 148. The summed E-state index contributed by atoms with van der Waals surface area (Å²) in [4.78, 5) is 2.30. The van der Waals surface area contributed by atoms with Gasteiger partial charge in [0.1, 0.15) is 6.17 Å². The summed E-state index contributed by atoms with van der Waals surface area (Å²) in [6.07, 6.45) is 2.69. The highest BCUT2D eigenvalue weighted by atomic mass is 19.1. The second-order valence-electron chi connectivity index (χ2n) is 3.85. The van der Waals surface area contributed by atoms with Crippen LogP contribution in [0, 0.1) is 0 Å². The van der Waals surface area contributed by atoms with Crippen LogP contribution in [0.1, 0.15) is 26.2 Å². The van der Waals surface area contributed by atoms with E-state index in [4.69, 9.17) is 0 Å². The Kier molecular flexibility index (Phi) is 1.28. The van der Waals surface area contributed by atoms with Gasteiger partial charge in [-0.15, -0.1) is 0 Å². The van der Waals surface area contributed by atoms with Crippen molar-refractivity contribution in [3.05, 3.63) is 0 Å². The Morgan fingerprint density at radius 3 is 3.10 bits per heavy atom. The molecule has 0 bridgehead atoms. The summed E-state index contributed by atoms with van der Waals surface area (Å²) >= 11 is 0. The molecule has 58 valence electrons. The van der Waals surface area contributed by atoms with Gasteiger partial charge >= 0.3 is 0 Å². The van der Waals surface area contributed by atoms with E-state index in [1.165, 1.54) is 12.8 Å². The zero-order valence-corrected chi connectivity index (χ0v) is 6.44. The minimum atomic E-state index is -0.551. The third kappa shape index (κ3) is 0.782. The Labute approximate surface area is 61.2 Å². The molecular weight excluding hydrogens is 129 g/mol. The van der Waals surface area contributed by atoms with Crippen molar-refractivity contribution in [2.75, 3.05) is 13.1 Å². The van der Waals surface area contributed by atoms with E-state index in [0.717, 1.165) is 13.0 Å². The lowest BCUT2D eigenvalue weighted by Gasteiger charge is -2.25. The number of nitrogens with zero attached hydrogens (tertiary/aromatic N) is 1. The van der Waals surface area contributed by atoms with Crippen LogP contribution in [0.3, 0.4) is 0 Å². The van der Waals surface area contributed by atoms with Crippen LogP contribution >= 0.6 is 0 Å². The molecule has 0 aromatic carbocycles. The van der Waals surface area contributed by atoms with Gasteiger partial charge in [0.2, 0.25) is 0 Å². The summed E-state index contributed by atoms with van der Waals surface area (Å²) in [5.74, 6) is 0. The Balaban J connectivity index is 2.15. The van der Waals surface area contributed by atoms with Crippen molar-refractivity contribution >= 4 is 0 Å². The van der Waals surface area contributed by atoms with Crippen molar-refractivity contribution in [1.82, 2.24) is 4.90 Å². The first-order chi connectivity index (χ1) is 4.71. The van der Waals surface area contributed by atoms with Crippen molar-refractivity contribution in [3.63, 3.8) is 0 Å². The number of hydrogen-bond acceptors (Lipinski definition) is 1. The fourth-order valence-corrected chi connectivity index (χ4v) is 2.40. The molecule has 2 aliphatic rings. The number of alkyl halides is 1. The summed E-state index contributed by atoms with van der Waals surface area (Å²) in [7, 11) is 0. The SMILES string of the molecule is CC12CCCN1CC(F)C2. The van der Waals surface area contributed by atoms with Gasteiger partial charge in [-0.05, 0) is 32.7 Å². The molecule has 2 atom stereocenters.